The third kappa shape index (κ3) is 2.09. The van der Waals surface area contributed by atoms with E-state index in [1.54, 1.807) is 22.7 Å². The maximum absolute atomic E-state index is 4.72. The summed E-state index contributed by atoms with van der Waals surface area (Å²) < 4.78 is 1.14. The molecular formula is C11H11BrN2S2. The molecule has 1 fully saturated rings. The third-order valence-corrected chi connectivity index (χ3v) is 5.44. The Hall–Kier alpha value is -0.230. The van der Waals surface area contributed by atoms with Crippen LogP contribution in [-0.2, 0) is 0 Å². The summed E-state index contributed by atoms with van der Waals surface area (Å²) >= 11 is 6.96. The minimum absolute atomic E-state index is 0.480. The van der Waals surface area contributed by atoms with E-state index in [1.165, 1.54) is 23.4 Å². The van der Waals surface area contributed by atoms with Crippen LogP contribution in [0.2, 0.25) is 0 Å². The van der Waals surface area contributed by atoms with Crippen molar-refractivity contribution < 1.29 is 0 Å². The van der Waals surface area contributed by atoms with Gasteiger partial charge in [-0.1, -0.05) is 0 Å². The Morgan fingerprint density at radius 2 is 2.31 bits per heavy atom. The third-order valence-electron chi connectivity index (χ3n) is 2.72. The number of hydrogen-bond acceptors (Lipinski definition) is 4. The zero-order valence-electron chi connectivity index (χ0n) is 8.57. The van der Waals surface area contributed by atoms with Crippen molar-refractivity contribution in [3.05, 3.63) is 27.0 Å². The fourth-order valence-corrected chi connectivity index (χ4v) is 4.30. The standard InChI is InChI=1S/C11H11BrN2S2/c12-7-4-10(15-5-7)11-14-9(6-16-11)8-2-1-3-13-8/h4-6,8,13H,1-3H2/t8-/m0/s1. The van der Waals surface area contributed by atoms with Crippen molar-refractivity contribution in [2.75, 3.05) is 6.54 Å². The number of thiophene rings is 1. The molecule has 3 heterocycles. The molecule has 1 saturated heterocycles. The lowest BCUT2D eigenvalue weighted by Crippen LogP contribution is -2.12. The maximum Gasteiger partial charge on any atom is 0.133 e. The van der Waals surface area contributed by atoms with Crippen LogP contribution in [0, 0.1) is 0 Å². The Labute approximate surface area is 111 Å². The molecule has 2 aromatic rings. The first-order valence-electron chi connectivity index (χ1n) is 5.26. The van der Waals surface area contributed by atoms with Crippen LogP contribution in [0.3, 0.4) is 0 Å². The van der Waals surface area contributed by atoms with E-state index in [0.29, 0.717) is 6.04 Å². The molecule has 84 valence electrons. The fourth-order valence-electron chi connectivity index (χ4n) is 1.92. The first-order valence-corrected chi connectivity index (χ1v) is 7.81. The molecule has 0 unspecified atom stereocenters. The van der Waals surface area contributed by atoms with E-state index in [-0.39, 0.29) is 0 Å². The van der Waals surface area contributed by atoms with Gasteiger partial charge in [-0.25, -0.2) is 4.98 Å². The van der Waals surface area contributed by atoms with E-state index in [2.05, 4.69) is 38.1 Å². The summed E-state index contributed by atoms with van der Waals surface area (Å²) in [4.78, 5) is 5.97. The van der Waals surface area contributed by atoms with E-state index < -0.39 is 0 Å². The maximum atomic E-state index is 4.72. The molecule has 16 heavy (non-hydrogen) atoms. The van der Waals surface area contributed by atoms with Crippen LogP contribution in [0.1, 0.15) is 24.6 Å². The summed E-state index contributed by atoms with van der Waals surface area (Å²) in [6.07, 6.45) is 2.49. The highest BCUT2D eigenvalue weighted by Gasteiger charge is 2.19. The Kier molecular flexibility index (Phi) is 3.11. The number of rotatable bonds is 2. The summed E-state index contributed by atoms with van der Waals surface area (Å²) in [7, 11) is 0. The summed E-state index contributed by atoms with van der Waals surface area (Å²) in [5, 5.41) is 8.91. The van der Waals surface area contributed by atoms with Crippen molar-refractivity contribution in [3.8, 4) is 9.88 Å². The van der Waals surface area contributed by atoms with Crippen LogP contribution >= 0.6 is 38.6 Å². The normalized spacial score (nSPS) is 20.4. The molecule has 2 aromatic heterocycles. The van der Waals surface area contributed by atoms with Gasteiger partial charge in [-0.15, -0.1) is 22.7 Å². The Bertz CT molecular complexity index is 486. The lowest BCUT2D eigenvalue weighted by atomic mass is 10.2. The van der Waals surface area contributed by atoms with Gasteiger partial charge in [-0.3, -0.25) is 0 Å². The minimum atomic E-state index is 0.480. The molecule has 1 atom stereocenters. The Morgan fingerprint density at radius 3 is 3.00 bits per heavy atom. The van der Waals surface area contributed by atoms with E-state index >= 15 is 0 Å². The van der Waals surface area contributed by atoms with Crippen LogP contribution < -0.4 is 5.32 Å². The van der Waals surface area contributed by atoms with Crippen molar-refractivity contribution in [2.45, 2.75) is 18.9 Å². The van der Waals surface area contributed by atoms with Gasteiger partial charge in [0.15, 0.2) is 0 Å². The van der Waals surface area contributed by atoms with Crippen LogP contribution in [0.15, 0.2) is 21.3 Å². The highest BCUT2D eigenvalue weighted by molar-refractivity contribution is 9.10. The molecule has 0 saturated carbocycles. The largest absolute Gasteiger partial charge is 0.309 e. The first kappa shape index (κ1) is 10.9. The van der Waals surface area contributed by atoms with Crippen molar-refractivity contribution >= 4 is 38.6 Å². The van der Waals surface area contributed by atoms with Gasteiger partial charge in [0.05, 0.1) is 16.6 Å². The average Bonchev–Trinajstić information content (AvgIpc) is 2.97. The Morgan fingerprint density at radius 1 is 1.38 bits per heavy atom. The van der Waals surface area contributed by atoms with Gasteiger partial charge in [0.25, 0.3) is 0 Å². The number of hydrogen-bond donors (Lipinski definition) is 1. The molecule has 0 aromatic carbocycles. The van der Waals surface area contributed by atoms with E-state index in [1.807, 2.05) is 0 Å². The molecule has 5 heteroatoms. The molecule has 0 spiro atoms. The number of nitrogens with zero attached hydrogens (tertiary/aromatic N) is 1. The molecule has 1 aliphatic rings. The van der Waals surface area contributed by atoms with Crippen LogP contribution in [0.4, 0.5) is 0 Å². The quantitative estimate of drug-likeness (QED) is 0.904. The summed E-state index contributed by atoms with van der Waals surface area (Å²) in [5.41, 5.74) is 1.21. The molecule has 2 nitrogen and oxygen atoms in total. The SMILES string of the molecule is Brc1csc(-c2nc([C@@H]3CCCN3)cs2)c1. The Balaban J connectivity index is 1.87. The van der Waals surface area contributed by atoms with Crippen molar-refractivity contribution in [2.24, 2.45) is 0 Å². The van der Waals surface area contributed by atoms with Gasteiger partial charge in [0, 0.05) is 15.2 Å². The number of aromatic nitrogens is 1. The van der Waals surface area contributed by atoms with Gasteiger partial charge >= 0.3 is 0 Å². The van der Waals surface area contributed by atoms with E-state index in [9.17, 15) is 0 Å². The number of thiazole rings is 1. The predicted molar refractivity (Wildman–Crippen MR) is 73.1 cm³/mol. The molecule has 3 rings (SSSR count). The monoisotopic (exact) mass is 314 g/mol. The van der Waals surface area contributed by atoms with Gasteiger partial charge in [0.2, 0.25) is 0 Å². The lowest BCUT2D eigenvalue weighted by Gasteiger charge is -2.04. The molecule has 1 N–H and O–H groups in total. The molecule has 1 aliphatic heterocycles. The van der Waals surface area contributed by atoms with Gasteiger partial charge < -0.3 is 5.32 Å². The molecule has 0 radical (unpaired) electrons. The van der Waals surface area contributed by atoms with Gasteiger partial charge in [-0.05, 0) is 41.4 Å². The van der Waals surface area contributed by atoms with Crippen LogP contribution in [0.5, 0.6) is 0 Å². The molecular weight excluding hydrogens is 304 g/mol. The zero-order chi connectivity index (χ0) is 11.0. The molecule has 0 bridgehead atoms. The predicted octanol–water partition coefficient (Wildman–Crippen LogP) is 4.06. The lowest BCUT2D eigenvalue weighted by molar-refractivity contribution is 0.632. The van der Waals surface area contributed by atoms with Crippen LogP contribution in [0.25, 0.3) is 9.88 Å². The van der Waals surface area contributed by atoms with Crippen molar-refractivity contribution in [1.82, 2.24) is 10.3 Å². The van der Waals surface area contributed by atoms with Crippen molar-refractivity contribution in [3.63, 3.8) is 0 Å². The minimum Gasteiger partial charge on any atom is -0.309 e. The zero-order valence-corrected chi connectivity index (χ0v) is 11.8. The second-order valence-electron chi connectivity index (χ2n) is 3.86. The summed E-state index contributed by atoms with van der Waals surface area (Å²) in [6.45, 7) is 1.13. The smallest absolute Gasteiger partial charge is 0.133 e. The van der Waals surface area contributed by atoms with Gasteiger partial charge in [0.1, 0.15) is 5.01 Å². The van der Waals surface area contributed by atoms with Crippen molar-refractivity contribution in [1.29, 1.82) is 0 Å². The van der Waals surface area contributed by atoms with E-state index in [4.69, 9.17) is 4.98 Å². The number of nitrogens with one attached hydrogen (secondary N) is 1. The highest BCUT2D eigenvalue weighted by atomic mass is 79.9. The van der Waals surface area contributed by atoms with Gasteiger partial charge in [-0.2, -0.15) is 0 Å². The molecule has 0 amide bonds. The molecule has 0 aliphatic carbocycles. The first-order chi connectivity index (χ1) is 7.83. The van der Waals surface area contributed by atoms with E-state index in [0.717, 1.165) is 16.0 Å². The summed E-state index contributed by atoms with van der Waals surface area (Å²) in [5.74, 6) is 0. The highest BCUT2D eigenvalue weighted by Crippen LogP contribution is 2.34. The second kappa shape index (κ2) is 4.56. The fraction of sp³-hybridized carbons (Fsp3) is 0.364. The number of halogens is 1. The second-order valence-corrected chi connectivity index (χ2v) is 6.54. The average molecular weight is 315 g/mol. The van der Waals surface area contributed by atoms with Crippen LogP contribution in [-0.4, -0.2) is 11.5 Å². The topological polar surface area (TPSA) is 24.9 Å². The summed E-state index contributed by atoms with van der Waals surface area (Å²) in [6, 6.07) is 2.61.